The molecule has 6 heterocycles. The Morgan fingerprint density at radius 1 is 0.658 bits per heavy atom. The molecule has 2 bridgehead atoms. The molecule has 0 aromatic carbocycles. The van der Waals surface area contributed by atoms with Gasteiger partial charge in [0.2, 0.25) is 0 Å². The van der Waals surface area contributed by atoms with Crippen molar-refractivity contribution in [3.63, 3.8) is 0 Å². The zero-order valence-electron chi connectivity index (χ0n) is 45.3. The molecule has 22 nitrogen and oxygen atoms in total. The summed E-state index contributed by atoms with van der Waals surface area (Å²) in [7, 11) is 0. The van der Waals surface area contributed by atoms with Gasteiger partial charge < -0.3 is 103 Å². The van der Waals surface area contributed by atoms with Crippen LogP contribution in [0.5, 0.6) is 0 Å². The fourth-order valence-corrected chi connectivity index (χ4v) is 17.1. The van der Waals surface area contributed by atoms with Crippen molar-refractivity contribution in [3.8, 4) is 0 Å². The van der Waals surface area contributed by atoms with Crippen LogP contribution in [0.3, 0.4) is 0 Å². The maximum absolute atomic E-state index is 12.3. The first-order valence-corrected chi connectivity index (χ1v) is 27.7. The highest BCUT2D eigenvalue weighted by atomic mass is 16.8. The molecule has 434 valence electrons. The number of ether oxygens (including phenoxy) is 11. The van der Waals surface area contributed by atoms with Gasteiger partial charge in [0, 0.05) is 31.1 Å². The molecule has 76 heavy (non-hydrogen) atoms. The van der Waals surface area contributed by atoms with Gasteiger partial charge in [0.1, 0.15) is 86.0 Å². The second-order valence-corrected chi connectivity index (χ2v) is 25.9. The fourth-order valence-electron chi connectivity index (χ4n) is 17.1. The molecule has 0 radical (unpaired) electrons. The molecule has 10 rings (SSSR count). The third kappa shape index (κ3) is 9.38. The van der Waals surface area contributed by atoms with E-state index in [1.54, 1.807) is 0 Å². The van der Waals surface area contributed by atoms with Gasteiger partial charge in [-0.05, 0) is 100 Å². The Hall–Kier alpha value is -1.59. The van der Waals surface area contributed by atoms with Gasteiger partial charge in [0.25, 0.3) is 0 Å². The summed E-state index contributed by atoms with van der Waals surface area (Å²) in [5.74, 6) is -1.01. The largest absolute Gasteiger partial charge is 0.463 e. The van der Waals surface area contributed by atoms with Gasteiger partial charge in [-0.25, -0.2) is 0 Å². The van der Waals surface area contributed by atoms with E-state index < -0.39 is 159 Å². The van der Waals surface area contributed by atoms with Gasteiger partial charge in [-0.15, -0.1) is 0 Å². The van der Waals surface area contributed by atoms with Crippen molar-refractivity contribution < 1.29 is 108 Å². The zero-order valence-corrected chi connectivity index (χ0v) is 45.3. The average molecular weight is 1090 g/mol. The van der Waals surface area contributed by atoms with Crippen molar-refractivity contribution in [1.82, 2.24) is 0 Å². The second-order valence-electron chi connectivity index (χ2n) is 25.9. The Morgan fingerprint density at radius 2 is 1.33 bits per heavy atom. The zero-order chi connectivity index (χ0) is 55.0. The summed E-state index contributed by atoms with van der Waals surface area (Å²) < 4.78 is 69.0. The number of fused-ring (bicyclic) bond motifs is 4. The molecule has 22 heteroatoms. The summed E-state index contributed by atoms with van der Waals surface area (Å²) in [6, 6.07) is 0. The number of carbonyl (C=O) groups excluding carboxylic acids is 1. The van der Waals surface area contributed by atoms with Crippen LogP contribution in [0.4, 0.5) is 0 Å². The first-order valence-electron chi connectivity index (χ1n) is 27.7. The number of rotatable bonds is 11. The van der Waals surface area contributed by atoms with E-state index >= 15 is 0 Å². The van der Waals surface area contributed by atoms with E-state index in [0.717, 1.165) is 51.0 Å². The summed E-state index contributed by atoms with van der Waals surface area (Å²) in [6.07, 6.45) is -21.4. The summed E-state index contributed by atoms with van der Waals surface area (Å²) >= 11 is 0. The van der Waals surface area contributed by atoms with E-state index in [1.165, 1.54) is 6.92 Å². The number of hydrogen-bond acceptors (Lipinski definition) is 22. The lowest BCUT2D eigenvalue weighted by Crippen LogP contribution is -2.68. The van der Waals surface area contributed by atoms with E-state index in [0.29, 0.717) is 25.4 Å². The third-order valence-corrected chi connectivity index (χ3v) is 20.7. The molecular formula is C54H86O22. The molecule has 10 N–H and O–H groups in total. The maximum Gasteiger partial charge on any atom is 0.302 e. The van der Waals surface area contributed by atoms with Crippen LogP contribution >= 0.6 is 0 Å². The number of carbonyl (C=O) groups is 1. The minimum Gasteiger partial charge on any atom is -0.463 e. The summed E-state index contributed by atoms with van der Waals surface area (Å²) in [6.45, 7) is 17.2. The highest BCUT2D eigenvalue weighted by Gasteiger charge is 2.81. The molecule has 4 aliphatic carbocycles. The molecule has 0 amide bonds. The molecule has 0 aromatic rings. The molecule has 29 atom stereocenters. The summed E-state index contributed by atoms with van der Waals surface area (Å²) in [5, 5.41) is 111. The number of allylic oxidation sites excluding steroid dienone is 1. The maximum atomic E-state index is 12.3. The Morgan fingerprint density at radius 3 is 2.04 bits per heavy atom. The Balaban J connectivity index is 0.927. The van der Waals surface area contributed by atoms with Crippen LogP contribution in [0.2, 0.25) is 0 Å². The van der Waals surface area contributed by atoms with Crippen molar-refractivity contribution >= 4 is 5.97 Å². The van der Waals surface area contributed by atoms with Crippen molar-refractivity contribution in [2.75, 3.05) is 26.4 Å². The fraction of sp³-hybridized carbons (Fsp3) is 0.944. The number of aliphatic hydroxyl groups excluding tert-OH is 9. The van der Waals surface area contributed by atoms with E-state index in [-0.39, 0.29) is 40.1 Å². The normalized spacial score (nSPS) is 55.6. The predicted molar refractivity (Wildman–Crippen MR) is 260 cm³/mol. The number of aliphatic hydroxyl groups is 10. The average Bonchev–Trinajstić information content (AvgIpc) is 4.02. The topological polar surface area (TPSA) is 321 Å². The standard InChI is InChI=1S/C54H86O22/c1-23(2)16-26-17-52(9,65)44-27-10-11-32-50(7)14-13-33(49(5,6)31(50)12-15-51(32,8)53(27)21-54(44,76-26)69-22-53)72-47-43(75-46-40(64)37(61)34(58)24(3)70-46)41(29(57)19-68-47)73-48-42(74-45-39(63)35(59)28(56)18-67-45)38(62)36(60)30(71-48)20-66-25(4)55/h16,24,26-48,56-65H,10-15,17-22H2,1-9H3/t24-,26-,27+,28+,29-,30+,31?,32+,33-,34-,35-,36+,37+,38-,39+,40+,41-,42+,43+,44?,45-,46-,47-,48-,50-,51+,52-,53-,54-/m0/s1. The summed E-state index contributed by atoms with van der Waals surface area (Å²) in [4.78, 5) is 11.9. The second kappa shape index (κ2) is 20.7. The van der Waals surface area contributed by atoms with Crippen LogP contribution in [0.1, 0.15) is 114 Å². The third-order valence-electron chi connectivity index (χ3n) is 20.7. The first-order chi connectivity index (χ1) is 35.6. The van der Waals surface area contributed by atoms with Gasteiger partial charge in [0.15, 0.2) is 30.9 Å². The van der Waals surface area contributed by atoms with Crippen molar-refractivity contribution in [1.29, 1.82) is 0 Å². The Labute approximate surface area is 444 Å². The minimum absolute atomic E-state index is 0.120. The van der Waals surface area contributed by atoms with Crippen molar-refractivity contribution in [3.05, 3.63) is 11.6 Å². The van der Waals surface area contributed by atoms with Crippen LogP contribution in [0.15, 0.2) is 11.6 Å². The van der Waals surface area contributed by atoms with Crippen LogP contribution in [-0.2, 0) is 56.9 Å². The van der Waals surface area contributed by atoms with E-state index in [4.69, 9.17) is 52.1 Å². The Bertz CT molecular complexity index is 2130. The lowest BCUT2D eigenvalue weighted by Gasteiger charge is -2.70. The number of hydrogen-bond donors (Lipinski definition) is 10. The minimum atomic E-state index is -1.91. The number of esters is 1. The molecule has 0 aromatic heterocycles. The smallest absolute Gasteiger partial charge is 0.302 e. The molecule has 10 aliphatic rings. The molecule has 10 fully saturated rings. The molecule has 4 saturated carbocycles. The van der Waals surface area contributed by atoms with E-state index in [2.05, 4.69) is 47.6 Å². The monoisotopic (exact) mass is 1090 g/mol. The van der Waals surface area contributed by atoms with Crippen molar-refractivity contribution in [2.45, 2.75) is 248 Å². The summed E-state index contributed by atoms with van der Waals surface area (Å²) in [5.41, 5.74) is -0.785. The quantitative estimate of drug-likeness (QED) is 0.0741. The van der Waals surface area contributed by atoms with Gasteiger partial charge in [0.05, 0.1) is 43.7 Å². The SMILES string of the molecule is CC(=O)OC[C@H]1O[C@@H](O[C@@H]2[C@@H](O[C@@H]3O[C@@H](C)[C@H](O)[C@@H](O)[C@H]3O)[C@H](O[C@H]3CC[C@@]4(C)C(CC[C@]5(C)[C@@H]4CC[C@@H]4C6[C@]7(C[C@]45CO7)O[C@@H](C=C(C)C)C[C@]6(C)O)C3(C)C)OC[C@@H]2O)[C@H](O[C@@H]2OC[C@@H](O)[C@H](O)[C@H]2O)[C@@H](O)[C@@H]1O. The lowest BCUT2D eigenvalue weighted by atomic mass is 9.35. The molecule has 2 spiro atoms. The van der Waals surface area contributed by atoms with Crippen LogP contribution in [0.25, 0.3) is 0 Å². The van der Waals surface area contributed by atoms with Crippen LogP contribution in [-0.4, -0.2) is 218 Å². The molecule has 6 saturated heterocycles. The predicted octanol–water partition coefficient (Wildman–Crippen LogP) is 0.0284. The van der Waals surface area contributed by atoms with E-state index in [9.17, 15) is 55.9 Å². The van der Waals surface area contributed by atoms with Gasteiger partial charge in [-0.2, -0.15) is 0 Å². The van der Waals surface area contributed by atoms with Gasteiger partial charge in [-0.1, -0.05) is 39.3 Å². The molecule has 6 aliphatic heterocycles. The first kappa shape index (κ1) is 57.6. The van der Waals surface area contributed by atoms with Crippen LogP contribution < -0.4 is 0 Å². The van der Waals surface area contributed by atoms with Crippen molar-refractivity contribution in [2.24, 2.45) is 45.3 Å². The highest BCUT2D eigenvalue weighted by Crippen LogP contribution is 2.80. The Kier molecular flexibility index (Phi) is 15.7. The van der Waals surface area contributed by atoms with E-state index in [1.807, 2.05) is 6.92 Å². The lowest BCUT2D eigenvalue weighted by molar-refractivity contribution is -0.399. The van der Waals surface area contributed by atoms with Gasteiger partial charge >= 0.3 is 5.97 Å². The highest BCUT2D eigenvalue weighted by molar-refractivity contribution is 5.65. The molecular weight excluding hydrogens is 1000 g/mol. The van der Waals surface area contributed by atoms with Gasteiger partial charge in [-0.3, -0.25) is 4.79 Å². The molecule has 2 unspecified atom stereocenters. The van der Waals surface area contributed by atoms with Crippen LogP contribution in [0, 0.1) is 45.3 Å².